The van der Waals surface area contributed by atoms with Crippen molar-refractivity contribution in [3.63, 3.8) is 0 Å². The molecule has 1 N–H and O–H groups in total. The van der Waals surface area contributed by atoms with Crippen LogP contribution in [-0.4, -0.2) is 20.4 Å². The zero-order chi connectivity index (χ0) is 20.4. The SMILES string of the molecule is O=C(Cn1cnc2ccc(F)cc2c1=O)Nc1ncc(Cc2cccc(Cl)c2)s1. The van der Waals surface area contributed by atoms with E-state index in [9.17, 15) is 14.0 Å². The highest BCUT2D eigenvalue weighted by Crippen LogP contribution is 2.22. The Morgan fingerprint density at radius 2 is 2.07 bits per heavy atom. The first-order valence-electron chi connectivity index (χ1n) is 8.61. The highest BCUT2D eigenvalue weighted by molar-refractivity contribution is 7.15. The first-order chi connectivity index (χ1) is 14.0. The standard InChI is InChI=1S/C20H14ClFN4O2S/c21-13-3-1-2-12(6-13)7-15-9-23-20(29-15)25-18(27)10-26-11-24-17-5-4-14(22)8-16(17)19(26)28/h1-6,8-9,11H,7,10H2,(H,23,25,27). The van der Waals surface area contributed by atoms with Crippen molar-refractivity contribution in [2.45, 2.75) is 13.0 Å². The molecule has 0 aliphatic heterocycles. The Hall–Kier alpha value is -3.10. The van der Waals surface area contributed by atoms with Crippen LogP contribution in [0.5, 0.6) is 0 Å². The molecule has 0 bridgehead atoms. The third kappa shape index (κ3) is 4.49. The molecule has 0 spiro atoms. The number of fused-ring (bicyclic) bond motifs is 1. The summed E-state index contributed by atoms with van der Waals surface area (Å²) in [6.45, 7) is -0.249. The molecular weight excluding hydrogens is 415 g/mol. The molecule has 2 heterocycles. The van der Waals surface area contributed by atoms with Gasteiger partial charge in [-0.15, -0.1) is 11.3 Å². The average molecular weight is 429 g/mol. The van der Waals surface area contributed by atoms with E-state index in [2.05, 4.69) is 15.3 Å². The number of hydrogen-bond donors (Lipinski definition) is 1. The summed E-state index contributed by atoms with van der Waals surface area (Å²) in [7, 11) is 0. The van der Waals surface area contributed by atoms with E-state index >= 15 is 0 Å². The molecule has 2 aromatic heterocycles. The van der Waals surface area contributed by atoms with Crippen molar-refractivity contribution in [2.24, 2.45) is 0 Å². The van der Waals surface area contributed by atoms with Gasteiger partial charge in [0.1, 0.15) is 12.4 Å². The fourth-order valence-electron chi connectivity index (χ4n) is 2.85. The largest absolute Gasteiger partial charge is 0.300 e. The lowest BCUT2D eigenvalue weighted by Gasteiger charge is -2.06. The molecule has 146 valence electrons. The van der Waals surface area contributed by atoms with Gasteiger partial charge in [0.2, 0.25) is 5.91 Å². The van der Waals surface area contributed by atoms with Gasteiger partial charge in [-0.1, -0.05) is 23.7 Å². The third-order valence-electron chi connectivity index (χ3n) is 4.17. The van der Waals surface area contributed by atoms with Gasteiger partial charge < -0.3 is 5.32 Å². The Bertz CT molecular complexity index is 1270. The first-order valence-corrected chi connectivity index (χ1v) is 9.81. The monoisotopic (exact) mass is 428 g/mol. The van der Waals surface area contributed by atoms with Crippen molar-refractivity contribution in [3.05, 3.63) is 86.6 Å². The van der Waals surface area contributed by atoms with Gasteiger partial charge in [-0.25, -0.2) is 14.4 Å². The highest BCUT2D eigenvalue weighted by atomic mass is 35.5. The van der Waals surface area contributed by atoms with Gasteiger partial charge in [-0.3, -0.25) is 14.2 Å². The number of carbonyl (C=O) groups is 1. The second-order valence-corrected chi connectivity index (χ2v) is 7.88. The van der Waals surface area contributed by atoms with Crippen molar-refractivity contribution < 1.29 is 9.18 Å². The molecule has 0 aliphatic carbocycles. The number of nitrogens with one attached hydrogen (secondary N) is 1. The van der Waals surface area contributed by atoms with Crippen molar-refractivity contribution >= 4 is 44.9 Å². The van der Waals surface area contributed by atoms with Crippen LogP contribution in [0, 0.1) is 5.82 Å². The van der Waals surface area contributed by atoms with Crippen LogP contribution in [0.15, 0.2) is 59.8 Å². The topological polar surface area (TPSA) is 76.9 Å². The molecule has 0 saturated heterocycles. The summed E-state index contributed by atoms with van der Waals surface area (Å²) < 4.78 is 14.5. The molecule has 0 aliphatic rings. The molecule has 0 fully saturated rings. The number of amides is 1. The Balaban J connectivity index is 1.45. The van der Waals surface area contributed by atoms with Crippen LogP contribution in [0.4, 0.5) is 9.52 Å². The second-order valence-electron chi connectivity index (χ2n) is 6.33. The maximum Gasteiger partial charge on any atom is 0.261 e. The molecule has 1 amide bonds. The fourth-order valence-corrected chi connectivity index (χ4v) is 3.93. The lowest BCUT2D eigenvalue weighted by atomic mass is 10.1. The number of benzene rings is 2. The average Bonchev–Trinajstić information content (AvgIpc) is 3.11. The zero-order valence-electron chi connectivity index (χ0n) is 14.9. The molecule has 29 heavy (non-hydrogen) atoms. The van der Waals surface area contributed by atoms with E-state index in [-0.39, 0.29) is 11.9 Å². The number of aromatic nitrogens is 3. The van der Waals surface area contributed by atoms with E-state index in [0.29, 0.717) is 22.1 Å². The molecule has 9 heteroatoms. The molecule has 0 radical (unpaired) electrons. The van der Waals surface area contributed by atoms with Gasteiger partial charge in [0.15, 0.2) is 5.13 Å². The predicted molar refractivity (Wildman–Crippen MR) is 111 cm³/mol. The third-order valence-corrected chi connectivity index (χ3v) is 5.32. The first kappa shape index (κ1) is 19.2. The number of hydrogen-bond acceptors (Lipinski definition) is 5. The number of anilines is 1. The number of thiazole rings is 1. The Morgan fingerprint density at radius 1 is 1.21 bits per heavy atom. The lowest BCUT2D eigenvalue weighted by molar-refractivity contribution is -0.116. The molecule has 6 nitrogen and oxygen atoms in total. The van der Waals surface area contributed by atoms with Crippen molar-refractivity contribution in [1.29, 1.82) is 0 Å². The van der Waals surface area contributed by atoms with E-state index in [1.807, 2.05) is 18.2 Å². The summed E-state index contributed by atoms with van der Waals surface area (Å²) >= 11 is 7.34. The number of nitrogens with zero attached hydrogens (tertiary/aromatic N) is 3. The minimum absolute atomic E-state index is 0.123. The van der Waals surface area contributed by atoms with E-state index in [1.165, 1.54) is 29.8 Å². The van der Waals surface area contributed by atoms with Crippen molar-refractivity contribution in [1.82, 2.24) is 14.5 Å². The fraction of sp³-hybridized carbons (Fsp3) is 0.100. The van der Waals surface area contributed by atoms with Crippen LogP contribution in [0.3, 0.4) is 0 Å². The van der Waals surface area contributed by atoms with Crippen LogP contribution >= 0.6 is 22.9 Å². The van der Waals surface area contributed by atoms with Gasteiger partial charge in [-0.2, -0.15) is 0 Å². The Morgan fingerprint density at radius 3 is 2.90 bits per heavy atom. The highest BCUT2D eigenvalue weighted by Gasteiger charge is 2.11. The summed E-state index contributed by atoms with van der Waals surface area (Å²) in [4.78, 5) is 34.0. The lowest BCUT2D eigenvalue weighted by Crippen LogP contribution is -2.27. The van der Waals surface area contributed by atoms with E-state index < -0.39 is 17.3 Å². The predicted octanol–water partition coefficient (Wildman–Crippen LogP) is 3.88. The van der Waals surface area contributed by atoms with Crippen LogP contribution in [0.2, 0.25) is 5.02 Å². The molecule has 4 rings (SSSR count). The summed E-state index contributed by atoms with van der Waals surface area (Å²) in [6.07, 6.45) is 3.61. The zero-order valence-corrected chi connectivity index (χ0v) is 16.5. The maximum absolute atomic E-state index is 13.4. The molecule has 0 atom stereocenters. The van der Waals surface area contributed by atoms with Crippen LogP contribution in [0.1, 0.15) is 10.4 Å². The molecule has 0 unspecified atom stereocenters. The Labute approximate surface area is 173 Å². The molecule has 4 aromatic rings. The summed E-state index contributed by atoms with van der Waals surface area (Å²) in [6, 6.07) is 11.3. The smallest absolute Gasteiger partial charge is 0.261 e. The van der Waals surface area contributed by atoms with Gasteiger partial charge in [-0.05, 0) is 35.9 Å². The number of halogens is 2. The number of carbonyl (C=O) groups excluding carboxylic acids is 1. The summed E-state index contributed by atoms with van der Waals surface area (Å²) in [5.74, 6) is -0.957. The van der Waals surface area contributed by atoms with Gasteiger partial charge >= 0.3 is 0 Å². The second kappa shape index (κ2) is 8.10. The van der Waals surface area contributed by atoms with Crippen LogP contribution in [-0.2, 0) is 17.8 Å². The van der Waals surface area contributed by atoms with Crippen molar-refractivity contribution in [3.8, 4) is 0 Å². The maximum atomic E-state index is 13.4. The van der Waals surface area contributed by atoms with E-state index in [1.54, 1.807) is 12.3 Å². The summed E-state index contributed by atoms with van der Waals surface area (Å²) in [5.41, 5.74) is 0.934. The van der Waals surface area contributed by atoms with Crippen LogP contribution in [0.25, 0.3) is 10.9 Å². The van der Waals surface area contributed by atoms with Crippen molar-refractivity contribution in [2.75, 3.05) is 5.32 Å². The minimum Gasteiger partial charge on any atom is -0.300 e. The Kier molecular flexibility index (Phi) is 5.37. The van der Waals surface area contributed by atoms with Crippen LogP contribution < -0.4 is 10.9 Å². The number of rotatable bonds is 5. The van der Waals surface area contributed by atoms with E-state index in [4.69, 9.17) is 11.6 Å². The summed E-state index contributed by atoms with van der Waals surface area (Å²) in [5, 5.41) is 3.89. The molecule has 2 aromatic carbocycles. The van der Waals surface area contributed by atoms with Gasteiger partial charge in [0, 0.05) is 22.5 Å². The quantitative estimate of drug-likeness (QED) is 0.523. The minimum atomic E-state index is -0.534. The van der Waals surface area contributed by atoms with E-state index in [0.717, 1.165) is 21.1 Å². The van der Waals surface area contributed by atoms with Gasteiger partial charge in [0.05, 0.1) is 17.2 Å². The normalized spacial score (nSPS) is 11.0. The molecule has 0 saturated carbocycles. The molecular formula is C20H14ClFN4O2S. The van der Waals surface area contributed by atoms with Gasteiger partial charge in [0.25, 0.3) is 5.56 Å².